The minimum atomic E-state index is -1.31. The Labute approximate surface area is 186 Å². The third-order valence-corrected chi connectivity index (χ3v) is 5.16. The van der Waals surface area contributed by atoms with Crippen LogP contribution in [0.2, 0.25) is 0 Å². The third-order valence-electron chi connectivity index (χ3n) is 4.30. The second-order valence-electron chi connectivity index (χ2n) is 8.38. The summed E-state index contributed by atoms with van der Waals surface area (Å²) < 4.78 is 30.6. The first-order chi connectivity index (χ1) is 14.4. The van der Waals surface area contributed by atoms with Crippen LogP contribution in [-0.2, 0) is 26.2 Å². The van der Waals surface area contributed by atoms with Crippen molar-refractivity contribution in [2.75, 3.05) is 18.6 Å². The van der Waals surface area contributed by atoms with Crippen LogP contribution < -0.4 is 9.64 Å². The van der Waals surface area contributed by atoms with Gasteiger partial charge in [-0.15, -0.1) is 0 Å². The van der Waals surface area contributed by atoms with Crippen LogP contribution >= 0.6 is 11.3 Å². The molecule has 1 aromatic carbocycles. The van der Waals surface area contributed by atoms with Crippen LogP contribution in [-0.4, -0.2) is 36.4 Å². The molecule has 0 aliphatic carbocycles. The smallest absolute Gasteiger partial charge is 0.416 e. The quantitative estimate of drug-likeness (QED) is 0.546. The normalized spacial score (nSPS) is 11.7. The lowest BCUT2D eigenvalue weighted by atomic mass is 9.90. The number of hydrogen-bond acceptors (Lipinski definition) is 7. The summed E-state index contributed by atoms with van der Waals surface area (Å²) in [5.74, 6) is 0.0797. The Morgan fingerprint density at radius 1 is 1.13 bits per heavy atom. The Kier molecular flexibility index (Phi) is 7.64. The van der Waals surface area contributed by atoms with Gasteiger partial charge < -0.3 is 14.2 Å². The molecule has 170 valence electrons. The first kappa shape index (κ1) is 24.6. The number of methoxy groups -OCH3 is 1. The fourth-order valence-corrected chi connectivity index (χ4v) is 3.58. The van der Waals surface area contributed by atoms with Crippen LogP contribution in [0.15, 0.2) is 24.3 Å². The fraction of sp³-hybridized carbons (Fsp3) is 0.500. The Balaban J connectivity index is 2.43. The van der Waals surface area contributed by atoms with Gasteiger partial charge in [0.1, 0.15) is 22.5 Å². The maximum absolute atomic E-state index is 14.9. The van der Waals surface area contributed by atoms with E-state index in [1.54, 1.807) is 59.1 Å². The van der Waals surface area contributed by atoms with Gasteiger partial charge >= 0.3 is 12.1 Å². The van der Waals surface area contributed by atoms with E-state index in [0.29, 0.717) is 17.1 Å². The van der Waals surface area contributed by atoms with Crippen LogP contribution in [0.4, 0.5) is 14.3 Å². The van der Waals surface area contributed by atoms with E-state index in [4.69, 9.17) is 14.2 Å². The molecule has 0 aliphatic heterocycles. The molecule has 0 bridgehead atoms. The number of anilines is 1. The standard InChI is InChI=1S/C22H29FN2O5S/c1-8-29-18(26)22(5,6)16-17(23)31-19(24-16)25(20(27)30-21(2,3)4)13-14-9-11-15(28-7)12-10-14/h9-12H,8,13H2,1-7H3. The summed E-state index contributed by atoms with van der Waals surface area (Å²) in [5, 5.41) is -0.564. The van der Waals surface area contributed by atoms with E-state index in [1.807, 2.05) is 0 Å². The van der Waals surface area contributed by atoms with E-state index in [1.165, 1.54) is 18.7 Å². The summed E-state index contributed by atoms with van der Waals surface area (Å²) in [5.41, 5.74) is -1.37. The molecule has 1 heterocycles. The van der Waals surface area contributed by atoms with Crippen LogP contribution in [0, 0.1) is 5.13 Å². The first-order valence-corrected chi connectivity index (χ1v) is 10.7. The van der Waals surface area contributed by atoms with Crippen LogP contribution in [0.3, 0.4) is 0 Å². The largest absolute Gasteiger partial charge is 0.497 e. The van der Waals surface area contributed by atoms with Crippen molar-refractivity contribution in [3.63, 3.8) is 0 Å². The van der Waals surface area contributed by atoms with Gasteiger partial charge in [0.15, 0.2) is 5.13 Å². The lowest BCUT2D eigenvalue weighted by Gasteiger charge is -2.26. The lowest BCUT2D eigenvalue weighted by molar-refractivity contribution is -0.149. The molecule has 9 heteroatoms. The Morgan fingerprint density at radius 3 is 2.26 bits per heavy atom. The monoisotopic (exact) mass is 452 g/mol. The van der Waals surface area contributed by atoms with Crippen molar-refractivity contribution in [2.45, 2.75) is 59.1 Å². The molecule has 2 aromatic rings. The second kappa shape index (κ2) is 9.64. The minimum Gasteiger partial charge on any atom is -0.497 e. The second-order valence-corrected chi connectivity index (χ2v) is 9.31. The molecular formula is C22H29FN2O5S. The van der Waals surface area contributed by atoms with Gasteiger partial charge in [-0.3, -0.25) is 4.79 Å². The Bertz CT molecular complexity index is 919. The number of rotatable bonds is 7. The van der Waals surface area contributed by atoms with Crippen LogP contribution in [0.25, 0.3) is 0 Å². The van der Waals surface area contributed by atoms with Crippen molar-refractivity contribution in [3.05, 3.63) is 40.7 Å². The van der Waals surface area contributed by atoms with Crippen LogP contribution in [0.1, 0.15) is 52.8 Å². The van der Waals surface area contributed by atoms with Crippen molar-refractivity contribution < 1.29 is 28.2 Å². The zero-order valence-corrected chi connectivity index (χ0v) is 19.8. The molecule has 1 amide bonds. The number of halogens is 1. The summed E-state index contributed by atoms with van der Waals surface area (Å²) in [6.45, 7) is 10.3. The molecule has 0 radical (unpaired) electrons. The Hall–Kier alpha value is -2.68. The SMILES string of the molecule is CCOC(=O)C(C)(C)c1nc(N(Cc2ccc(OC)cc2)C(=O)OC(C)(C)C)sc1F. The highest BCUT2D eigenvalue weighted by Gasteiger charge is 2.39. The van der Waals surface area contributed by atoms with Gasteiger partial charge in [0, 0.05) is 0 Å². The summed E-state index contributed by atoms with van der Waals surface area (Å²) in [6, 6.07) is 7.12. The van der Waals surface area contributed by atoms with Crippen LogP contribution in [0.5, 0.6) is 5.75 Å². The summed E-state index contributed by atoms with van der Waals surface area (Å²) in [7, 11) is 1.56. The molecule has 0 saturated heterocycles. The molecule has 0 atom stereocenters. The summed E-state index contributed by atoms with van der Waals surface area (Å²) in [4.78, 5) is 30.8. The number of benzene rings is 1. The maximum Gasteiger partial charge on any atom is 0.416 e. The van der Waals surface area contributed by atoms with Gasteiger partial charge in [-0.1, -0.05) is 23.5 Å². The average Bonchev–Trinajstić information content (AvgIpc) is 3.07. The zero-order valence-electron chi connectivity index (χ0n) is 18.9. The first-order valence-electron chi connectivity index (χ1n) is 9.86. The maximum atomic E-state index is 14.9. The van der Waals surface area contributed by atoms with E-state index in [2.05, 4.69) is 4.98 Å². The van der Waals surface area contributed by atoms with Gasteiger partial charge in [0.25, 0.3) is 0 Å². The van der Waals surface area contributed by atoms with E-state index in [9.17, 15) is 14.0 Å². The number of ether oxygens (including phenoxy) is 3. The molecule has 0 spiro atoms. The van der Waals surface area contributed by atoms with E-state index in [-0.39, 0.29) is 24.0 Å². The molecule has 0 fully saturated rings. The molecule has 7 nitrogen and oxygen atoms in total. The average molecular weight is 453 g/mol. The van der Waals surface area contributed by atoms with Gasteiger partial charge in [-0.05, 0) is 59.2 Å². The summed E-state index contributed by atoms with van der Waals surface area (Å²) >= 11 is 0.681. The topological polar surface area (TPSA) is 78.0 Å². The fourth-order valence-electron chi connectivity index (χ4n) is 2.64. The van der Waals surface area contributed by atoms with E-state index < -0.39 is 28.2 Å². The highest BCUT2D eigenvalue weighted by Crippen LogP contribution is 2.35. The highest BCUT2D eigenvalue weighted by atomic mass is 32.1. The number of nitrogens with zero attached hydrogens (tertiary/aromatic N) is 2. The number of carbonyl (C=O) groups excluding carboxylic acids is 2. The molecule has 0 N–H and O–H groups in total. The Morgan fingerprint density at radius 2 is 1.74 bits per heavy atom. The number of carbonyl (C=O) groups is 2. The van der Waals surface area contributed by atoms with Gasteiger partial charge in [-0.25, -0.2) is 14.7 Å². The minimum absolute atomic E-state index is 0.0748. The highest BCUT2D eigenvalue weighted by molar-refractivity contribution is 7.14. The molecule has 0 aliphatic rings. The van der Waals surface area contributed by atoms with E-state index >= 15 is 0 Å². The van der Waals surface area contributed by atoms with Gasteiger partial charge in [-0.2, -0.15) is 4.39 Å². The lowest BCUT2D eigenvalue weighted by Crippen LogP contribution is -2.37. The molecule has 1 aromatic heterocycles. The number of thiazole rings is 1. The number of aromatic nitrogens is 1. The van der Waals surface area contributed by atoms with Crippen molar-refractivity contribution in [1.29, 1.82) is 0 Å². The predicted molar refractivity (Wildman–Crippen MR) is 117 cm³/mol. The number of amides is 1. The van der Waals surface area contributed by atoms with Gasteiger partial charge in [0.05, 0.1) is 20.3 Å². The molecule has 0 saturated carbocycles. The molecule has 31 heavy (non-hydrogen) atoms. The van der Waals surface area contributed by atoms with E-state index in [0.717, 1.165) is 5.56 Å². The third kappa shape index (κ3) is 6.16. The van der Waals surface area contributed by atoms with Crippen molar-refractivity contribution in [2.24, 2.45) is 0 Å². The van der Waals surface area contributed by atoms with Crippen molar-refractivity contribution >= 4 is 28.5 Å². The molecular weight excluding hydrogens is 423 g/mol. The molecule has 0 unspecified atom stereocenters. The van der Waals surface area contributed by atoms with Gasteiger partial charge in [0.2, 0.25) is 5.13 Å². The zero-order chi connectivity index (χ0) is 23.4. The van der Waals surface area contributed by atoms with Crippen molar-refractivity contribution in [1.82, 2.24) is 4.98 Å². The number of hydrogen-bond donors (Lipinski definition) is 0. The summed E-state index contributed by atoms with van der Waals surface area (Å²) in [6.07, 6.45) is -0.669. The number of esters is 1. The van der Waals surface area contributed by atoms with Crippen molar-refractivity contribution in [3.8, 4) is 5.75 Å². The predicted octanol–water partition coefficient (Wildman–Crippen LogP) is 5.07. The molecule has 2 rings (SSSR count).